The first-order valence-corrected chi connectivity index (χ1v) is 10.3. The van der Waals surface area contributed by atoms with Crippen molar-refractivity contribution in [2.75, 3.05) is 11.9 Å². The number of anilines is 1. The normalized spacial score (nSPS) is 15.7. The largest absolute Gasteiger partial charge is 0.350 e. The lowest BCUT2D eigenvalue weighted by Gasteiger charge is -2.42. The molecule has 0 saturated heterocycles. The second-order valence-corrected chi connectivity index (χ2v) is 9.56. The van der Waals surface area contributed by atoms with E-state index in [4.69, 9.17) is 0 Å². The van der Waals surface area contributed by atoms with Crippen LogP contribution in [0.1, 0.15) is 60.8 Å². The van der Waals surface area contributed by atoms with Crippen molar-refractivity contribution in [2.45, 2.75) is 52.4 Å². The lowest BCUT2D eigenvalue weighted by Crippen LogP contribution is -2.45. The Hall–Kier alpha value is -2.14. The third-order valence-electron chi connectivity index (χ3n) is 5.33. The van der Waals surface area contributed by atoms with Gasteiger partial charge in [-0.2, -0.15) is 0 Å². The van der Waals surface area contributed by atoms with Crippen molar-refractivity contribution in [3.05, 3.63) is 52.4 Å². The van der Waals surface area contributed by atoms with Gasteiger partial charge in [-0.25, -0.2) is 0 Å². The Labute approximate surface area is 165 Å². The second kappa shape index (κ2) is 7.47. The fourth-order valence-electron chi connectivity index (χ4n) is 3.36. The monoisotopic (exact) mass is 384 g/mol. The van der Waals surface area contributed by atoms with E-state index in [2.05, 4.69) is 34.9 Å². The molecule has 0 aliphatic heterocycles. The van der Waals surface area contributed by atoms with Crippen molar-refractivity contribution in [3.8, 4) is 0 Å². The minimum absolute atomic E-state index is 0.0480. The van der Waals surface area contributed by atoms with Crippen LogP contribution in [0.3, 0.4) is 0 Å². The van der Waals surface area contributed by atoms with Gasteiger partial charge in [-0.05, 0) is 37.0 Å². The molecule has 0 spiro atoms. The van der Waals surface area contributed by atoms with Gasteiger partial charge < -0.3 is 10.6 Å². The maximum absolute atomic E-state index is 12.8. The van der Waals surface area contributed by atoms with Crippen molar-refractivity contribution in [1.82, 2.24) is 5.32 Å². The Kier molecular flexibility index (Phi) is 5.43. The van der Waals surface area contributed by atoms with E-state index < -0.39 is 5.41 Å². The van der Waals surface area contributed by atoms with Crippen molar-refractivity contribution in [2.24, 2.45) is 5.41 Å². The summed E-state index contributed by atoms with van der Waals surface area (Å²) in [6.07, 6.45) is 3.41. The molecule has 144 valence electrons. The Morgan fingerprint density at radius 3 is 2.37 bits per heavy atom. The van der Waals surface area contributed by atoms with Crippen molar-refractivity contribution < 1.29 is 9.59 Å². The molecule has 1 heterocycles. The number of nitrogens with one attached hydrogen (secondary N) is 2. The number of thiophene rings is 1. The predicted molar refractivity (Wildman–Crippen MR) is 111 cm³/mol. The molecule has 4 nitrogen and oxygen atoms in total. The first-order valence-electron chi connectivity index (χ1n) is 9.47. The molecule has 5 heteroatoms. The molecule has 2 N–H and O–H groups in total. The summed E-state index contributed by atoms with van der Waals surface area (Å²) >= 11 is 1.34. The molecule has 0 bridgehead atoms. The van der Waals surface area contributed by atoms with Gasteiger partial charge in [0.2, 0.25) is 5.91 Å². The van der Waals surface area contributed by atoms with E-state index in [1.54, 1.807) is 0 Å². The molecule has 1 aromatic heterocycles. The van der Waals surface area contributed by atoms with Crippen LogP contribution in [0.5, 0.6) is 0 Å². The Balaban J connectivity index is 1.67. The number of carbonyl (C=O) groups excluding carboxylic acids is 2. The number of aryl methyl sites for hydroxylation is 1. The van der Waals surface area contributed by atoms with E-state index in [1.165, 1.54) is 23.3 Å². The molecule has 1 fully saturated rings. The molecule has 1 aromatic carbocycles. The summed E-state index contributed by atoms with van der Waals surface area (Å²) < 4.78 is 0. The quantitative estimate of drug-likeness (QED) is 0.771. The minimum atomic E-state index is -0.466. The van der Waals surface area contributed by atoms with Crippen LogP contribution in [0.4, 0.5) is 5.00 Å². The molecule has 1 aliphatic carbocycles. The van der Waals surface area contributed by atoms with Gasteiger partial charge in [-0.15, -0.1) is 11.3 Å². The fourth-order valence-corrected chi connectivity index (χ4v) is 4.35. The molecule has 27 heavy (non-hydrogen) atoms. The van der Waals surface area contributed by atoms with E-state index in [0.717, 1.165) is 23.4 Å². The zero-order valence-electron chi connectivity index (χ0n) is 16.5. The summed E-state index contributed by atoms with van der Waals surface area (Å²) in [5.41, 5.74) is 1.79. The number of benzene rings is 1. The highest BCUT2D eigenvalue weighted by Gasteiger charge is 2.38. The minimum Gasteiger partial charge on any atom is -0.350 e. The van der Waals surface area contributed by atoms with Crippen LogP contribution in [0, 0.1) is 12.3 Å². The van der Waals surface area contributed by atoms with Crippen molar-refractivity contribution in [3.63, 3.8) is 0 Å². The van der Waals surface area contributed by atoms with Crippen LogP contribution in [-0.2, 0) is 10.2 Å². The molecule has 1 saturated carbocycles. The molecule has 2 amide bonds. The summed E-state index contributed by atoms with van der Waals surface area (Å²) in [6, 6.07) is 12.3. The van der Waals surface area contributed by atoms with Gasteiger partial charge in [-0.3, -0.25) is 9.59 Å². The van der Waals surface area contributed by atoms with Gasteiger partial charge in [0.15, 0.2) is 0 Å². The van der Waals surface area contributed by atoms with Gasteiger partial charge >= 0.3 is 0 Å². The standard InChI is InChI=1S/C22H28N2O2S/c1-15-13-17(24-20(26)21(2,3)4)27-18(15)19(25)23-14-22(11-8-12-22)16-9-6-5-7-10-16/h5-7,9-10,13H,8,11-12,14H2,1-4H3,(H,23,25)(H,24,26). The van der Waals surface area contributed by atoms with Crippen LogP contribution in [-0.4, -0.2) is 18.4 Å². The van der Waals surface area contributed by atoms with Crippen LogP contribution in [0.25, 0.3) is 0 Å². The average Bonchev–Trinajstić information content (AvgIpc) is 2.94. The van der Waals surface area contributed by atoms with Crippen LogP contribution < -0.4 is 10.6 Å². The topological polar surface area (TPSA) is 58.2 Å². The van der Waals surface area contributed by atoms with Crippen molar-refractivity contribution in [1.29, 1.82) is 0 Å². The summed E-state index contributed by atoms with van der Waals surface area (Å²) in [6.45, 7) is 8.18. The van der Waals surface area contributed by atoms with Gasteiger partial charge in [0.05, 0.1) is 9.88 Å². The highest BCUT2D eigenvalue weighted by atomic mass is 32.1. The Morgan fingerprint density at radius 1 is 1.15 bits per heavy atom. The fraction of sp³-hybridized carbons (Fsp3) is 0.455. The zero-order valence-corrected chi connectivity index (χ0v) is 17.3. The molecule has 1 aliphatic rings. The van der Waals surface area contributed by atoms with Crippen LogP contribution in [0.2, 0.25) is 0 Å². The maximum atomic E-state index is 12.8. The third kappa shape index (κ3) is 4.24. The van der Waals surface area contributed by atoms with Gasteiger partial charge in [-0.1, -0.05) is 57.5 Å². The summed E-state index contributed by atoms with van der Waals surface area (Å²) in [4.78, 5) is 25.6. The number of rotatable bonds is 5. The SMILES string of the molecule is Cc1cc(NC(=O)C(C)(C)C)sc1C(=O)NCC1(c2ccccc2)CCC1. The first-order chi connectivity index (χ1) is 12.7. The van der Waals surface area contributed by atoms with E-state index in [1.807, 2.05) is 39.8 Å². The predicted octanol–water partition coefficient (Wildman–Crippen LogP) is 4.89. The smallest absolute Gasteiger partial charge is 0.261 e. The summed E-state index contributed by atoms with van der Waals surface area (Å²) in [7, 11) is 0. The van der Waals surface area contributed by atoms with Crippen LogP contribution in [0.15, 0.2) is 36.4 Å². The summed E-state index contributed by atoms with van der Waals surface area (Å²) in [5.74, 6) is -0.107. The molecule has 0 unspecified atom stereocenters. The zero-order chi connectivity index (χ0) is 19.7. The number of carbonyl (C=O) groups is 2. The number of hydrogen-bond donors (Lipinski definition) is 2. The van der Waals surface area contributed by atoms with E-state index in [-0.39, 0.29) is 17.2 Å². The Morgan fingerprint density at radius 2 is 1.81 bits per heavy atom. The maximum Gasteiger partial charge on any atom is 0.261 e. The molecule has 0 radical (unpaired) electrons. The van der Waals surface area contributed by atoms with E-state index >= 15 is 0 Å². The van der Waals surface area contributed by atoms with E-state index in [9.17, 15) is 9.59 Å². The first kappa shape index (κ1) is 19.6. The molecular weight excluding hydrogens is 356 g/mol. The lowest BCUT2D eigenvalue weighted by molar-refractivity contribution is -0.123. The lowest BCUT2D eigenvalue weighted by atomic mass is 9.64. The van der Waals surface area contributed by atoms with Gasteiger partial charge in [0.1, 0.15) is 0 Å². The highest BCUT2D eigenvalue weighted by molar-refractivity contribution is 7.18. The molecular formula is C22H28N2O2S. The second-order valence-electron chi connectivity index (χ2n) is 8.51. The highest BCUT2D eigenvalue weighted by Crippen LogP contribution is 2.43. The van der Waals surface area contributed by atoms with Crippen LogP contribution >= 0.6 is 11.3 Å². The number of hydrogen-bond acceptors (Lipinski definition) is 3. The summed E-state index contributed by atoms with van der Waals surface area (Å²) in [5, 5.41) is 6.78. The number of amides is 2. The van der Waals surface area contributed by atoms with Gasteiger partial charge in [0.25, 0.3) is 5.91 Å². The van der Waals surface area contributed by atoms with E-state index in [0.29, 0.717) is 11.4 Å². The molecule has 0 atom stereocenters. The molecule has 2 aromatic rings. The van der Waals surface area contributed by atoms with Gasteiger partial charge in [0, 0.05) is 17.4 Å². The van der Waals surface area contributed by atoms with Crippen molar-refractivity contribution >= 4 is 28.2 Å². The third-order valence-corrected chi connectivity index (χ3v) is 6.48. The Bertz CT molecular complexity index is 830. The molecule has 3 rings (SSSR count). The average molecular weight is 385 g/mol.